The molecule has 94 valence electrons. The Morgan fingerprint density at radius 3 is 2.78 bits per heavy atom. The summed E-state index contributed by atoms with van der Waals surface area (Å²) < 4.78 is 4.99. The Morgan fingerprint density at radius 1 is 1.33 bits per heavy atom. The number of aryl methyl sites for hydroxylation is 1. The number of pyridine rings is 1. The summed E-state index contributed by atoms with van der Waals surface area (Å²) in [4.78, 5) is 15.9. The molecule has 18 heavy (non-hydrogen) atoms. The van der Waals surface area contributed by atoms with Gasteiger partial charge in [0.25, 0.3) is 0 Å². The lowest BCUT2D eigenvalue weighted by atomic mass is 10.0. The SMILES string of the molecule is CCOC(=O)c1ccc2c(N)ncc(CC)c2c1. The van der Waals surface area contributed by atoms with Crippen molar-refractivity contribution < 1.29 is 9.53 Å². The summed E-state index contributed by atoms with van der Waals surface area (Å²) in [7, 11) is 0. The third-order valence-corrected chi connectivity index (χ3v) is 2.89. The Labute approximate surface area is 106 Å². The van der Waals surface area contributed by atoms with Crippen molar-refractivity contribution in [3.8, 4) is 0 Å². The van der Waals surface area contributed by atoms with E-state index in [1.807, 2.05) is 19.1 Å². The van der Waals surface area contributed by atoms with E-state index in [1.165, 1.54) is 0 Å². The minimum atomic E-state index is -0.308. The molecule has 0 saturated heterocycles. The molecule has 0 spiro atoms. The lowest BCUT2D eigenvalue weighted by molar-refractivity contribution is 0.0526. The van der Waals surface area contributed by atoms with Gasteiger partial charge in [-0.2, -0.15) is 0 Å². The maximum atomic E-state index is 11.7. The molecule has 0 amide bonds. The molecule has 2 rings (SSSR count). The maximum Gasteiger partial charge on any atom is 0.338 e. The highest BCUT2D eigenvalue weighted by Crippen LogP contribution is 2.24. The summed E-state index contributed by atoms with van der Waals surface area (Å²) in [6.07, 6.45) is 2.60. The van der Waals surface area contributed by atoms with E-state index in [9.17, 15) is 4.79 Å². The van der Waals surface area contributed by atoms with Gasteiger partial charge in [-0.1, -0.05) is 6.92 Å². The summed E-state index contributed by atoms with van der Waals surface area (Å²) in [6.45, 7) is 4.21. The van der Waals surface area contributed by atoms with Crippen LogP contribution in [0.25, 0.3) is 10.8 Å². The smallest absolute Gasteiger partial charge is 0.338 e. The summed E-state index contributed by atoms with van der Waals surface area (Å²) in [5.41, 5.74) is 7.46. The third-order valence-electron chi connectivity index (χ3n) is 2.89. The van der Waals surface area contributed by atoms with Gasteiger partial charge in [0.15, 0.2) is 0 Å². The molecular formula is C14H16N2O2. The van der Waals surface area contributed by atoms with Gasteiger partial charge in [0.1, 0.15) is 5.82 Å². The van der Waals surface area contributed by atoms with Crippen LogP contribution in [0, 0.1) is 0 Å². The van der Waals surface area contributed by atoms with Gasteiger partial charge in [0, 0.05) is 11.6 Å². The molecule has 2 aromatic rings. The van der Waals surface area contributed by atoms with Gasteiger partial charge in [0.05, 0.1) is 12.2 Å². The molecule has 0 fully saturated rings. The number of hydrogen-bond donors (Lipinski definition) is 1. The van der Waals surface area contributed by atoms with E-state index in [1.54, 1.807) is 19.2 Å². The molecular weight excluding hydrogens is 228 g/mol. The molecule has 0 saturated carbocycles. The lowest BCUT2D eigenvalue weighted by Gasteiger charge is -2.08. The van der Waals surface area contributed by atoms with Crippen molar-refractivity contribution >= 4 is 22.6 Å². The van der Waals surface area contributed by atoms with Crippen molar-refractivity contribution in [1.82, 2.24) is 4.98 Å². The number of anilines is 1. The van der Waals surface area contributed by atoms with E-state index in [-0.39, 0.29) is 5.97 Å². The van der Waals surface area contributed by atoms with E-state index in [0.29, 0.717) is 18.0 Å². The number of rotatable bonds is 3. The topological polar surface area (TPSA) is 65.2 Å². The molecule has 0 radical (unpaired) electrons. The Kier molecular flexibility index (Phi) is 3.46. The number of nitrogens with zero attached hydrogens (tertiary/aromatic N) is 1. The van der Waals surface area contributed by atoms with E-state index in [0.717, 1.165) is 22.8 Å². The number of hydrogen-bond acceptors (Lipinski definition) is 4. The number of benzene rings is 1. The van der Waals surface area contributed by atoms with Gasteiger partial charge in [-0.25, -0.2) is 9.78 Å². The van der Waals surface area contributed by atoms with Crippen LogP contribution in [-0.2, 0) is 11.2 Å². The molecule has 0 aliphatic carbocycles. The van der Waals surface area contributed by atoms with Gasteiger partial charge in [0.2, 0.25) is 0 Å². The van der Waals surface area contributed by atoms with Crippen molar-refractivity contribution in [2.24, 2.45) is 0 Å². The van der Waals surface area contributed by atoms with Gasteiger partial charge in [-0.15, -0.1) is 0 Å². The normalized spacial score (nSPS) is 10.6. The molecule has 4 heteroatoms. The average Bonchev–Trinajstić information content (AvgIpc) is 2.39. The molecule has 1 heterocycles. The van der Waals surface area contributed by atoms with Crippen LogP contribution >= 0.6 is 0 Å². The Morgan fingerprint density at radius 2 is 2.11 bits per heavy atom. The van der Waals surface area contributed by atoms with Crippen LogP contribution in [0.1, 0.15) is 29.8 Å². The highest BCUT2D eigenvalue weighted by molar-refractivity contribution is 5.99. The van der Waals surface area contributed by atoms with Crippen molar-refractivity contribution in [1.29, 1.82) is 0 Å². The summed E-state index contributed by atoms with van der Waals surface area (Å²) in [5.74, 6) is 0.175. The Hall–Kier alpha value is -2.10. The summed E-state index contributed by atoms with van der Waals surface area (Å²) >= 11 is 0. The summed E-state index contributed by atoms with van der Waals surface area (Å²) in [6, 6.07) is 5.37. The van der Waals surface area contributed by atoms with Gasteiger partial charge >= 0.3 is 5.97 Å². The number of ether oxygens (including phenoxy) is 1. The second-order valence-electron chi connectivity index (χ2n) is 4.00. The standard InChI is InChI=1S/C14H16N2O2/c1-3-9-8-16-13(15)11-6-5-10(7-12(9)11)14(17)18-4-2/h5-8H,3-4H2,1-2H3,(H2,15,16). The second-order valence-corrected chi connectivity index (χ2v) is 4.00. The fourth-order valence-electron chi connectivity index (χ4n) is 1.94. The van der Waals surface area contributed by atoms with Crippen LogP contribution in [0.3, 0.4) is 0 Å². The maximum absolute atomic E-state index is 11.7. The monoisotopic (exact) mass is 244 g/mol. The average molecular weight is 244 g/mol. The molecule has 0 aliphatic heterocycles. The van der Waals surface area contributed by atoms with E-state index in [4.69, 9.17) is 10.5 Å². The fourth-order valence-corrected chi connectivity index (χ4v) is 1.94. The molecule has 2 N–H and O–H groups in total. The Bertz CT molecular complexity index is 594. The van der Waals surface area contributed by atoms with Crippen LogP contribution < -0.4 is 5.73 Å². The third kappa shape index (κ3) is 2.14. The number of nitrogens with two attached hydrogens (primary N) is 1. The minimum absolute atomic E-state index is 0.308. The first kappa shape index (κ1) is 12.4. The number of carbonyl (C=O) groups excluding carboxylic acids is 1. The second kappa shape index (κ2) is 5.04. The van der Waals surface area contributed by atoms with Crippen molar-refractivity contribution in [3.05, 3.63) is 35.5 Å². The molecule has 0 aliphatic rings. The molecule has 1 aromatic heterocycles. The van der Waals surface area contributed by atoms with E-state index >= 15 is 0 Å². The van der Waals surface area contributed by atoms with Gasteiger partial charge in [-0.3, -0.25) is 0 Å². The molecule has 4 nitrogen and oxygen atoms in total. The molecule has 0 unspecified atom stereocenters. The van der Waals surface area contributed by atoms with Crippen molar-refractivity contribution in [2.45, 2.75) is 20.3 Å². The number of carbonyl (C=O) groups is 1. The van der Waals surface area contributed by atoms with Crippen LogP contribution in [0.2, 0.25) is 0 Å². The first-order valence-corrected chi connectivity index (χ1v) is 6.01. The first-order chi connectivity index (χ1) is 8.67. The van der Waals surface area contributed by atoms with Gasteiger partial charge in [-0.05, 0) is 42.5 Å². The van der Waals surface area contributed by atoms with Crippen molar-refractivity contribution in [2.75, 3.05) is 12.3 Å². The largest absolute Gasteiger partial charge is 0.462 e. The zero-order valence-electron chi connectivity index (χ0n) is 10.6. The van der Waals surface area contributed by atoms with E-state index in [2.05, 4.69) is 4.98 Å². The first-order valence-electron chi connectivity index (χ1n) is 6.01. The molecule has 0 atom stereocenters. The molecule has 1 aromatic carbocycles. The van der Waals surface area contributed by atoms with Crippen LogP contribution in [0.5, 0.6) is 0 Å². The lowest BCUT2D eigenvalue weighted by Crippen LogP contribution is -2.05. The zero-order chi connectivity index (χ0) is 13.1. The number of esters is 1. The fraction of sp³-hybridized carbons (Fsp3) is 0.286. The predicted octanol–water partition coefficient (Wildman–Crippen LogP) is 2.56. The van der Waals surface area contributed by atoms with Crippen LogP contribution in [0.15, 0.2) is 24.4 Å². The van der Waals surface area contributed by atoms with Crippen molar-refractivity contribution in [3.63, 3.8) is 0 Å². The van der Waals surface area contributed by atoms with E-state index < -0.39 is 0 Å². The number of fused-ring (bicyclic) bond motifs is 1. The van der Waals surface area contributed by atoms with Crippen LogP contribution in [-0.4, -0.2) is 17.6 Å². The van der Waals surface area contributed by atoms with Crippen LogP contribution in [0.4, 0.5) is 5.82 Å². The highest BCUT2D eigenvalue weighted by Gasteiger charge is 2.10. The number of nitrogen functional groups attached to an aromatic ring is 1. The molecule has 0 bridgehead atoms. The minimum Gasteiger partial charge on any atom is -0.462 e. The Balaban J connectivity index is 2.59. The highest BCUT2D eigenvalue weighted by atomic mass is 16.5. The predicted molar refractivity (Wildman–Crippen MR) is 71.5 cm³/mol. The summed E-state index contributed by atoms with van der Waals surface area (Å²) in [5, 5.41) is 1.85. The van der Waals surface area contributed by atoms with Gasteiger partial charge < -0.3 is 10.5 Å². The zero-order valence-corrected chi connectivity index (χ0v) is 10.6. The quantitative estimate of drug-likeness (QED) is 0.843. The number of aromatic nitrogens is 1.